The number of fused-ring (bicyclic) bond motifs is 3. The average Bonchev–Trinajstić information content (AvgIpc) is 3.55. The van der Waals surface area contributed by atoms with Crippen LogP contribution in [0.1, 0.15) is 61.3 Å². The Balaban J connectivity index is 1.30. The fourth-order valence-electron chi connectivity index (χ4n) is 6.05. The molecule has 6 nitrogen and oxygen atoms in total. The second-order valence-corrected chi connectivity index (χ2v) is 10.6. The molecule has 0 unspecified atom stereocenters. The highest BCUT2D eigenvalue weighted by Crippen LogP contribution is 2.49. The number of aromatic nitrogens is 2. The van der Waals surface area contributed by atoms with Crippen molar-refractivity contribution in [1.82, 2.24) is 14.5 Å². The van der Waals surface area contributed by atoms with E-state index >= 15 is 0 Å². The van der Waals surface area contributed by atoms with Gasteiger partial charge in [-0.2, -0.15) is 13.2 Å². The van der Waals surface area contributed by atoms with E-state index in [0.29, 0.717) is 17.1 Å². The minimum atomic E-state index is -4.23. The normalized spacial score (nSPS) is 20.5. The van der Waals surface area contributed by atoms with Gasteiger partial charge in [0.15, 0.2) is 0 Å². The number of hydrogen-bond donors (Lipinski definition) is 0. The highest BCUT2D eigenvalue weighted by atomic mass is 19.4. The van der Waals surface area contributed by atoms with Crippen LogP contribution < -0.4 is 4.90 Å². The maximum Gasteiger partial charge on any atom is 0.389 e. The Kier molecular flexibility index (Phi) is 5.42. The van der Waals surface area contributed by atoms with Crippen molar-refractivity contribution in [2.45, 2.75) is 76.0 Å². The number of rotatable bonds is 6. The van der Waals surface area contributed by atoms with E-state index in [1.54, 1.807) is 11.0 Å². The number of anilines is 1. The fourth-order valence-corrected chi connectivity index (χ4v) is 6.05. The fraction of sp³-hybridized carbons (Fsp3) is 0.577. The zero-order chi connectivity index (χ0) is 25.2. The van der Waals surface area contributed by atoms with Gasteiger partial charge in [0.1, 0.15) is 17.1 Å². The largest absolute Gasteiger partial charge is 0.389 e. The summed E-state index contributed by atoms with van der Waals surface area (Å²) in [6, 6.07) is 4.30. The third kappa shape index (κ3) is 3.89. The predicted octanol–water partition coefficient (Wildman–Crippen LogP) is 4.28. The third-order valence-electron chi connectivity index (χ3n) is 8.03. The van der Waals surface area contributed by atoms with Crippen molar-refractivity contribution in [2.75, 3.05) is 18.0 Å². The molecule has 2 aliphatic carbocycles. The summed E-state index contributed by atoms with van der Waals surface area (Å²) in [6.45, 7) is 0.774. The van der Waals surface area contributed by atoms with Gasteiger partial charge in [0.05, 0.1) is 17.9 Å². The van der Waals surface area contributed by atoms with E-state index in [4.69, 9.17) is 4.98 Å². The van der Waals surface area contributed by atoms with E-state index in [9.17, 15) is 27.2 Å². The lowest BCUT2D eigenvalue weighted by molar-refractivity contribution is -0.145. The molecule has 2 amide bonds. The van der Waals surface area contributed by atoms with Crippen LogP contribution in [0.2, 0.25) is 0 Å². The smallest absolute Gasteiger partial charge is 0.339 e. The Hall–Kier alpha value is -2.91. The van der Waals surface area contributed by atoms with Gasteiger partial charge in [-0.3, -0.25) is 9.59 Å². The van der Waals surface area contributed by atoms with Crippen LogP contribution in [0.5, 0.6) is 0 Å². The molecule has 0 bridgehead atoms. The number of imidazole rings is 1. The zero-order valence-corrected chi connectivity index (χ0v) is 19.9. The van der Waals surface area contributed by atoms with Crippen molar-refractivity contribution in [3.05, 3.63) is 46.8 Å². The van der Waals surface area contributed by atoms with E-state index < -0.39 is 23.8 Å². The van der Waals surface area contributed by atoms with Crippen LogP contribution in [0.15, 0.2) is 18.2 Å². The number of benzene rings is 1. The van der Waals surface area contributed by atoms with E-state index in [2.05, 4.69) is 0 Å². The van der Waals surface area contributed by atoms with Crippen molar-refractivity contribution in [3.63, 3.8) is 0 Å². The van der Waals surface area contributed by atoms with E-state index in [-0.39, 0.29) is 50.3 Å². The molecule has 2 aliphatic heterocycles. The maximum atomic E-state index is 14.3. The van der Waals surface area contributed by atoms with Crippen molar-refractivity contribution in [3.8, 4) is 0 Å². The first-order chi connectivity index (χ1) is 17.2. The number of carbonyl (C=O) groups is 2. The number of aryl methyl sites for hydroxylation is 1. The van der Waals surface area contributed by atoms with Gasteiger partial charge < -0.3 is 14.4 Å². The SMILES string of the molecule is O=C(C1CC1)N1CC2(C1)C(=O)N(Cc1nc3c(n1CCCC(F)(F)F)CCCC3)c1cc(F)ccc12. The summed E-state index contributed by atoms with van der Waals surface area (Å²) < 4.78 is 54.7. The summed E-state index contributed by atoms with van der Waals surface area (Å²) in [4.78, 5) is 34.3. The van der Waals surface area contributed by atoms with Crippen LogP contribution in [0.4, 0.5) is 23.2 Å². The molecule has 1 aromatic heterocycles. The first-order valence-electron chi connectivity index (χ1n) is 12.7. The molecule has 0 atom stereocenters. The maximum absolute atomic E-state index is 14.3. The van der Waals surface area contributed by atoms with Crippen LogP contribution in [0.3, 0.4) is 0 Å². The molecule has 1 saturated heterocycles. The molecule has 2 aromatic rings. The standard InChI is InChI=1S/C26H28F4N4O2/c27-17-8-9-18-21(12-17)34(24(36)25(18)14-32(15-25)23(35)16-6-7-16)13-22-31-19-4-1-2-5-20(19)33(22)11-3-10-26(28,29)30/h8-9,12,16H,1-7,10-11,13-15H2. The lowest BCUT2D eigenvalue weighted by atomic mass is 9.74. The van der Waals surface area contributed by atoms with Gasteiger partial charge in [-0.25, -0.2) is 9.37 Å². The molecular weight excluding hydrogens is 476 g/mol. The first-order valence-corrected chi connectivity index (χ1v) is 12.7. The number of hydrogen-bond acceptors (Lipinski definition) is 3. The molecule has 4 aliphatic rings. The quantitative estimate of drug-likeness (QED) is 0.552. The number of halogens is 4. The first kappa shape index (κ1) is 23.5. The van der Waals surface area contributed by atoms with Gasteiger partial charge in [0.25, 0.3) is 0 Å². The minimum absolute atomic E-state index is 0.0538. The van der Waals surface area contributed by atoms with Gasteiger partial charge in [-0.15, -0.1) is 0 Å². The average molecular weight is 505 g/mol. The van der Waals surface area contributed by atoms with Crippen LogP contribution in [-0.2, 0) is 40.9 Å². The highest BCUT2D eigenvalue weighted by molar-refractivity contribution is 6.10. The molecular formula is C26H28F4N4O2. The van der Waals surface area contributed by atoms with E-state index in [0.717, 1.165) is 49.9 Å². The topological polar surface area (TPSA) is 58.4 Å². The van der Waals surface area contributed by atoms with Crippen LogP contribution in [-0.4, -0.2) is 45.5 Å². The molecule has 0 radical (unpaired) electrons. The third-order valence-corrected chi connectivity index (χ3v) is 8.03. The van der Waals surface area contributed by atoms with Crippen LogP contribution >= 0.6 is 0 Å². The van der Waals surface area contributed by atoms with Crippen LogP contribution in [0, 0.1) is 11.7 Å². The van der Waals surface area contributed by atoms with Crippen molar-refractivity contribution >= 4 is 17.5 Å². The number of likely N-dealkylation sites (tertiary alicyclic amines) is 1. The second-order valence-electron chi connectivity index (χ2n) is 10.6. The lowest BCUT2D eigenvalue weighted by Gasteiger charge is -2.47. The lowest BCUT2D eigenvalue weighted by Crippen LogP contribution is -2.65. The van der Waals surface area contributed by atoms with Crippen molar-refractivity contribution < 1.29 is 27.2 Å². The van der Waals surface area contributed by atoms with Crippen LogP contribution in [0.25, 0.3) is 0 Å². The molecule has 1 saturated carbocycles. The number of amides is 2. The van der Waals surface area contributed by atoms with Gasteiger partial charge in [-0.05, 0) is 62.6 Å². The predicted molar refractivity (Wildman–Crippen MR) is 123 cm³/mol. The summed E-state index contributed by atoms with van der Waals surface area (Å²) in [5.74, 6) is -0.0103. The Morgan fingerprint density at radius 3 is 2.61 bits per heavy atom. The molecule has 1 spiro atoms. The molecule has 192 valence electrons. The molecule has 6 rings (SSSR count). The Labute approximate surface area is 206 Å². The van der Waals surface area contributed by atoms with Crippen molar-refractivity contribution in [1.29, 1.82) is 0 Å². The summed E-state index contributed by atoms with van der Waals surface area (Å²) in [6.07, 6.45) is -0.00461. The molecule has 1 aromatic carbocycles. The Morgan fingerprint density at radius 1 is 1.14 bits per heavy atom. The molecule has 36 heavy (non-hydrogen) atoms. The number of nitrogens with zero attached hydrogens (tertiary/aromatic N) is 4. The monoisotopic (exact) mass is 504 g/mol. The molecule has 0 N–H and O–H groups in total. The number of alkyl halides is 3. The molecule has 3 heterocycles. The van der Waals surface area contributed by atoms with Gasteiger partial charge >= 0.3 is 6.18 Å². The van der Waals surface area contributed by atoms with Crippen molar-refractivity contribution in [2.24, 2.45) is 5.92 Å². The van der Waals surface area contributed by atoms with E-state index in [1.807, 2.05) is 4.57 Å². The zero-order valence-electron chi connectivity index (χ0n) is 19.9. The van der Waals surface area contributed by atoms with Gasteiger partial charge in [0.2, 0.25) is 11.8 Å². The summed E-state index contributed by atoms with van der Waals surface area (Å²) >= 11 is 0. The molecule has 10 heteroatoms. The highest BCUT2D eigenvalue weighted by Gasteiger charge is 2.60. The Bertz CT molecular complexity index is 1230. The summed E-state index contributed by atoms with van der Waals surface area (Å²) in [5, 5.41) is 0. The second kappa shape index (κ2) is 8.31. The number of carbonyl (C=O) groups excluding carboxylic acids is 2. The summed E-state index contributed by atoms with van der Waals surface area (Å²) in [7, 11) is 0. The Morgan fingerprint density at radius 2 is 1.89 bits per heavy atom. The molecule has 2 fully saturated rings. The van der Waals surface area contributed by atoms with Gasteiger partial charge in [0, 0.05) is 37.7 Å². The van der Waals surface area contributed by atoms with Gasteiger partial charge in [-0.1, -0.05) is 6.07 Å². The summed E-state index contributed by atoms with van der Waals surface area (Å²) in [5.41, 5.74) is 2.09. The minimum Gasteiger partial charge on any atom is -0.339 e. The van der Waals surface area contributed by atoms with E-state index in [1.165, 1.54) is 17.0 Å².